The van der Waals surface area contributed by atoms with E-state index in [0.717, 1.165) is 24.7 Å². The van der Waals surface area contributed by atoms with Crippen LogP contribution in [0.25, 0.3) is 10.8 Å². The number of carbonyl (C=O) groups excluding carboxylic acids is 1. The van der Waals surface area contributed by atoms with Crippen molar-refractivity contribution in [1.29, 1.82) is 0 Å². The van der Waals surface area contributed by atoms with E-state index in [-0.39, 0.29) is 0 Å². The molecule has 2 aromatic carbocycles. The zero-order valence-corrected chi connectivity index (χ0v) is 21.3. The van der Waals surface area contributed by atoms with Gasteiger partial charge >= 0.3 is 0 Å². The molecule has 182 valence electrons. The summed E-state index contributed by atoms with van der Waals surface area (Å²) in [5.41, 5.74) is 2.60. The number of aliphatic hydroxyl groups is 1. The fourth-order valence-electron chi connectivity index (χ4n) is 6.52. The van der Waals surface area contributed by atoms with Gasteiger partial charge in [0.15, 0.2) is 0 Å². The molecular weight excluding hydrogens is 404 g/mol. The Morgan fingerprint density at radius 1 is 1.00 bits per heavy atom. The van der Waals surface area contributed by atoms with E-state index < -0.39 is 5.60 Å². The van der Waals surface area contributed by atoms with E-state index in [4.69, 9.17) is 4.79 Å². The van der Waals surface area contributed by atoms with E-state index in [1.807, 2.05) is 13.7 Å². The minimum Gasteiger partial charge on any atom is -0.390 e. The van der Waals surface area contributed by atoms with Gasteiger partial charge in [-0.15, -0.1) is 0 Å². The van der Waals surface area contributed by atoms with Crippen LogP contribution in [-0.4, -0.2) is 17.5 Å². The quantitative estimate of drug-likeness (QED) is 0.411. The Morgan fingerprint density at radius 2 is 1.73 bits per heavy atom. The lowest BCUT2D eigenvalue weighted by Crippen LogP contribution is -2.28. The fraction of sp³-hybridized carbons (Fsp3) is 0.645. The van der Waals surface area contributed by atoms with Gasteiger partial charge in [-0.25, -0.2) is 0 Å². The molecule has 33 heavy (non-hydrogen) atoms. The lowest BCUT2D eigenvalue weighted by atomic mass is 9.73. The Bertz CT molecular complexity index is 862. The van der Waals surface area contributed by atoms with Crippen LogP contribution in [0.3, 0.4) is 0 Å². The highest BCUT2D eigenvalue weighted by atomic mass is 16.3. The van der Waals surface area contributed by atoms with Crippen LogP contribution in [0.4, 0.5) is 0 Å². The molecule has 2 aliphatic carbocycles. The number of unbranched alkanes of at least 4 members (excludes halogenated alkanes) is 1. The summed E-state index contributed by atoms with van der Waals surface area (Å²) in [5.74, 6) is 3.02. The van der Waals surface area contributed by atoms with Crippen LogP contribution in [0.5, 0.6) is 0 Å². The van der Waals surface area contributed by atoms with Crippen LogP contribution in [0.15, 0.2) is 36.4 Å². The second-order valence-corrected chi connectivity index (χ2v) is 11.1. The van der Waals surface area contributed by atoms with Crippen LogP contribution in [0, 0.1) is 17.8 Å². The first-order valence-electron chi connectivity index (χ1n) is 13.5. The first kappa shape index (κ1) is 25.9. The van der Waals surface area contributed by atoms with Crippen molar-refractivity contribution in [1.82, 2.24) is 0 Å². The third-order valence-electron chi connectivity index (χ3n) is 9.01. The van der Waals surface area contributed by atoms with Crippen LogP contribution in [0.1, 0.15) is 108 Å². The van der Waals surface area contributed by atoms with Gasteiger partial charge in [0.25, 0.3) is 0 Å². The van der Waals surface area contributed by atoms with E-state index >= 15 is 0 Å². The molecule has 2 heteroatoms. The first-order chi connectivity index (χ1) is 16.0. The van der Waals surface area contributed by atoms with Gasteiger partial charge in [-0.2, -0.15) is 0 Å². The molecule has 2 aliphatic rings. The van der Waals surface area contributed by atoms with Gasteiger partial charge in [0, 0.05) is 0 Å². The van der Waals surface area contributed by atoms with Crippen LogP contribution in [-0.2, 0) is 11.2 Å². The minimum absolute atomic E-state index is 0.411. The maximum Gasteiger partial charge on any atom is 0.106 e. The number of carbonyl (C=O) groups is 1. The molecule has 1 N–H and O–H groups in total. The van der Waals surface area contributed by atoms with Crippen molar-refractivity contribution in [3.8, 4) is 0 Å². The fourth-order valence-corrected chi connectivity index (χ4v) is 6.52. The topological polar surface area (TPSA) is 37.3 Å². The normalized spacial score (nSPS) is 28.3. The first-order valence-corrected chi connectivity index (χ1v) is 13.5. The molecule has 0 saturated heterocycles. The molecule has 0 aromatic heterocycles. The largest absolute Gasteiger partial charge is 0.390 e. The Labute approximate surface area is 202 Å². The molecule has 0 spiro atoms. The molecule has 0 bridgehead atoms. The van der Waals surface area contributed by atoms with E-state index in [0.29, 0.717) is 11.8 Å². The Hall–Kier alpha value is -1.67. The van der Waals surface area contributed by atoms with Gasteiger partial charge in [-0.05, 0) is 97.4 Å². The van der Waals surface area contributed by atoms with Crippen molar-refractivity contribution in [2.24, 2.45) is 17.8 Å². The number of rotatable bonds is 8. The third kappa shape index (κ3) is 6.69. The maximum absolute atomic E-state index is 10.5. The predicted molar refractivity (Wildman–Crippen MR) is 141 cm³/mol. The highest BCUT2D eigenvalue weighted by Gasteiger charge is 2.35. The minimum atomic E-state index is -0.411. The van der Waals surface area contributed by atoms with E-state index in [1.54, 1.807) is 0 Å². The molecule has 3 unspecified atom stereocenters. The molecular formula is C31H46O2. The molecule has 0 radical (unpaired) electrons. The summed E-state index contributed by atoms with van der Waals surface area (Å²) in [5, 5.41) is 13.3. The molecule has 2 nitrogen and oxygen atoms in total. The second kappa shape index (κ2) is 12.2. The van der Waals surface area contributed by atoms with E-state index in [1.165, 1.54) is 86.1 Å². The molecule has 4 rings (SSSR count). The number of hydrogen-bond acceptors (Lipinski definition) is 2. The molecule has 2 fully saturated rings. The Balaban J connectivity index is 0.00000149. The molecule has 2 aromatic rings. The van der Waals surface area contributed by atoms with Crippen LogP contribution < -0.4 is 0 Å². The van der Waals surface area contributed by atoms with Crippen molar-refractivity contribution in [2.75, 3.05) is 0 Å². The zero-order valence-electron chi connectivity index (χ0n) is 21.3. The number of benzene rings is 2. The Morgan fingerprint density at radius 3 is 2.39 bits per heavy atom. The van der Waals surface area contributed by atoms with E-state index in [9.17, 15) is 5.11 Å². The summed E-state index contributed by atoms with van der Waals surface area (Å²) in [4.78, 5) is 8.00. The molecule has 0 amide bonds. The summed E-state index contributed by atoms with van der Waals surface area (Å²) in [6.45, 7) is 8.86. The van der Waals surface area contributed by atoms with Crippen LogP contribution in [0.2, 0.25) is 0 Å². The summed E-state index contributed by atoms with van der Waals surface area (Å²) < 4.78 is 0. The monoisotopic (exact) mass is 450 g/mol. The number of hydrogen-bond donors (Lipinski definition) is 1. The van der Waals surface area contributed by atoms with Crippen molar-refractivity contribution >= 4 is 17.6 Å². The van der Waals surface area contributed by atoms with Crippen LogP contribution >= 0.6 is 0 Å². The van der Waals surface area contributed by atoms with Gasteiger partial charge in [0.05, 0.1) is 5.60 Å². The van der Waals surface area contributed by atoms with Gasteiger partial charge in [0.2, 0.25) is 0 Å². The third-order valence-corrected chi connectivity index (χ3v) is 9.01. The summed E-state index contributed by atoms with van der Waals surface area (Å²) in [7, 11) is 0. The predicted octanol–water partition coefficient (Wildman–Crippen LogP) is 8.24. The zero-order chi connectivity index (χ0) is 23.8. The van der Waals surface area contributed by atoms with Crippen molar-refractivity contribution < 1.29 is 9.90 Å². The summed E-state index contributed by atoms with van der Waals surface area (Å²) >= 11 is 0. The van der Waals surface area contributed by atoms with Gasteiger partial charge in [-0.1, -0.05) is 82.3 Å². The number of aryl methyl sites for hydroxylation is 1. The SMILES string of the molecule is C=O.CCC1CCC(C(C)c2ccc3ccc(CCCCC4CCCC4(C)O)cc3c2)CC1. The van der Waals surface area contributed by atoms with Crippen molar-refractivity contribution in [3.63, 3.8) is 0 Å². The van der Waals surface area contributed by atoms with Crippen molar-refractivity contribution in [3.05, 3.63) is 47.5 Å². The lowest BCUT2D eigenvalue weighted by molar-refractivity contribution is -0.0980. The summed E-state index contributed by atoms with van der Waals surface area (Å²) in [6, 6.07) is 14.3. The molecule has 2 saturated carbocycles. The smallest absolute Gasteiger partial charge is 0.106 e. The van der Waals surface area contributed by atoms with Gasteiger partial charge in [0.1, 0.15) is 6.79 Å². The molecule has 3 atom stereocenters. The highest BCUT2D eigenvalue weighted by Crippen LogP contribution is 2.40. The average Bonchev–Trinajstić information content (AvgIpc) is 3.19. The average molecular weight is 451 g/mol. The highest BCUT2D eigenvalue weighted by molar-refractivity contribution is 5.84. The van der Waals surface area contributed by atoms with Gasteiger partial charge in [-0.3, -0.25) is 0 Å². The maximum atomic E-state index is 10.5. The standard InChI is InChI=1S/C30H44O.CH2O/c1-4-23-11-14-25(15-12-23)22(2)27-18-17-26-16-13-24(20-28(26)21-27)8-5-6-9-29-10-7-19-30(29,3)31;1-2/h13,16-18,20-23,25,29,31H,4-12,14-15,19H2,1-3H3;1H2. The summed E-state index contributed by atoms with van der Waals surface area (Å²) in [6.07, 6.45) is 15.2. The second-order valence-electron chi connectivity index (χ2n) is 11.1. The molecule has 0 aliphatic heterocycles. The van der Waals surface area contributed by atoms with Gasteiger partial charge < -0.3 is 9.90 Å². The number of fused-ring (bicyclic) bond motifs is 1. The van der Waals surface area contributed by atoms with Crippen molar-refractivity contribution in [2.45, 2.75) is 109 Å². The molecule has 0 heterocycles. The Kier molecular flexibility index (Phi) is 9.56. The lowest BCUT2D eigenvalue weighted by Gasteiger charge is -2.32. The van der Waals surface area contributed by atoms with E-state index in [2.05, 4.69) is 50.2 Å².